The molecule has 2 aromatic carbocycles. The standard InChI is InChI=1S/C33H38N4O6S/c38-27-12-11-26(31-30(27)37-29(40)20-42-31)28(39)19-35-16-14-24-9-10-25(44-24)18-34-15-13-23-17-36-32(43-23)33(41,22-7-4-8-22)21-5-2-1-3-6-21/h1-3,5-6,9-12,17,22,28,34-35,38-39,41H,4,7-8,13-16,18-20H2,(H,37,40). The number of aliphatic hydroxyl groups is 2. The van der Waals surface area contributed by atoms with Crippen molar-refractivity contribution < 1.29 is 29.3 Å². The average Bonchev–Trinajstić information content (AvgIpc) is 3.67. The number of benzene rings is 2. The van der Waals surface area contributed by atoms with Crippen LogP contribution in [-0.2, 0) is 29.8 Å². The van der Waals surface area contributed by atoms with Gasteiger partial charge in [-0.25, -0.2) is 4.98 Å². The number of thiophene rings is 1. The molecule has 2 aromatic heterocycles. The van der Waals surface area contributed by atoms with E-state index < -0.39 is 11.7 Å². The summed E-state index contributed by atoms with van der Waals surface area (Å²) in [6.45, 7) is 2.31. The molecule has 1 aliphatic heterocycles. The Bertz CT molecular complexity index is 1570. The number of anilines is 1. The van der Waals surface area contributed by atoms with Crippen molar-refractivity contribution in [3.05, 3.63) is 93.3 Å². The zero-order valence-electron chi connectivity index (χ0n) is 24.4. The number of nitrogens with zero attached hydrogens (tertiary/aromatic N) is 1. The molecule has 4 aromatic rings. The highest BCUT2D eigenvalue weighted by Crippen LogP contribution is 2.46. The molecule has 232 valence electrons. The normalized spacial score (nSPS) is 16.8. The maximum absolute atomic E-state index is 11.7. The number of aromatic nitrogens is 1. The largest absolute Gasteiger partial charge is 0.506 e. The first-order chi connectivity index (χ1) is 21.4. The molecule has 6 rings (SSSR count). The minimum atomic E-state index is -1.19. The van der Waals surface area contributed by atoms with Crippen LogP contribution in [-0.4, -0.2) is 52.5 Å². The lowest BCUT2D eigenvalue weighted by molar-refractivity contribution is -0.118. The minimum absolute atomic E-state index is 0.0946. The van der Waals surface area contributed by atoms with Crippen molar-refractivity contribution in [3.8, 4) is 11.5 Å². The lowest BCUT2D eigenvalue weighted by Crippen LogP contribution is -2.40. The summed E-state index contributed by atoms with van der Waals surface area (Å²) in [5, 5.41) is 41.8. The smallest absolute Gasteiger partial charge is 0.262 e. The molecule has 1 saturated carbocycles. The number of amides is 1. The van der Waals surface area contributed by atoms with Crippen LogP contribution in [0.1, 0.15) is 57.9 Å². The first-order valence-electron chi connectivity index (χ1n) is 15.1. The van der Waals surface area contributed by atoms with Crippen LogP contribution in [0.2, 0.25) is 0 Å². The second-order valence-corrected chi connectivity index (χ2v) is 12.6. The van der Waals surface area contributed by atoms with Gasteiger partial charge >= 0.3 is 0 Å². The first kappa shape index (κ1) is 30.3. The quantitative estimate of drug-likeness (QED) is 0.0911. The van der Waals surface area contributed by atoms with E-state index in [9.17, 15) is 20.1 Å². The summed E-state index contributed by atoms with van der Waals surface area (Å²) >= 11 is 1.75. The minimum Gasteiger partial charge on any atom is -0.506 e. The SMILES string of the molecule is O=C1COc2c(C(O)CNCCc3ccc(CNCCc4cnc(C(O)(c5ccccc5)C5CCC5)o4)s3)ccc(O)c2N1. The zero-order valence-corrected chi connectivity index (χ0v) is 25.2. The fourth-order valence-corrected chi connectivity index (χ4v) is 6.71. The van der Waals surface area contributed by atoms with E-state index in [4.69, 9.17) is 9.15 Å². The molecule has 2 aliphatic rings. The Labute approximate surface area is 260 Å². The van der Waals surface area contributed by atoms with Gasteiger partial charge in [0.1, 0.15) is 17.2 Å². The average molecular weight is 619 g/mol. The van der Waals surface area contributed by atoms with Gasteiger partial charge in [-0.05, 0) is 49.1 Å². The molecular weight excluding hydrogens is 580 g/mol. The summed E-state index contributed by atoms with van der Waals surface area (Å²) in [7, 11) is 0. The van der Waals surface area contributed by atoms with Crippen molar-refractivity contribution in [2.75, 3.05) is 31.6 Å². The second kappa shape index (κ2) is 13.5. The van der Waals surface area contributed by atoms with Gasteiger partial charge in [0, 0.05) is 53.8 Å². The van der Waals surface area contributed by atoms with Gasteiger partial charge in [-0.15, -0.1) is 11.3 Å². The van der Waals surface area contributed by atoms with Crippen molar-refractivity contribution in [3.63, 3.8) is 0 Å². The Morgan fingerprint density at radius 1 is 1.05 bits per heavy atom. The lowest BCUT2D eigenvalue weighted by atomic mass is 9.69. The number of aromatic hydroxyl groups is 1. The number of ether oxygens (including phenoxy) is 1. The van der Waals surface area contributed by atoms with Crippen molar-refractivity contribution in [1.82, 2.24) is 15.6 Å². The maximum Gasteiger partial charge on any atom is 0.262 e. The van der Waals surface area contributed by atoms with E-state index in [-0.39, 0.29) is 29.9 Å². The summed E-state index contributed by atoms with van der Waals surface area (Å²) in [6.07, 6.45) is 5.42. The molecule has 10 nitrogen and oxygen atoms in total. The van der Waals surface area contributed by atoms with Crippen LogP contribution in [0.3, 0.4) is 0 Å². The third-order valence-corrected chi connectivity index (χ3v) is 9.52. The summed E-state index contributed by atoms with van der Waals surface area (Å²) in [6, 6.07) is 17.0. The third-order valence-electron chi connectivity index (χ3n) is 8.38. The molecule has 44 heavy (non-hydrogen) atoms. The Kier molecular flexibility index (Phi) is 9.29. The van der Waals surface area contributed by atoms with Gasteiger partial charge < -0.3 is 40.4 Å². The molecule has 6 N–H and O–H groups in total. The van der Waals surface area contributed by atoms with E-state index in [2.05, 4.69) is 33.1 Å². The summed E-state index contributed by atoms with van der Waals surface area (Å²) in [4.78, 5) is 18.6. The highest BCUT2D eigenvalue weighted by Gasteiger charge is 2.46. The highest BCUT2D eigenvalue weighted by molar-refractivity contribution is 7.11. The van der Waals surface area contributed by atoms with Gasteiger partial charge in [-0.1, -0.05) is 36.8 Å². The number of aliphatic hydroxyl groups excluding tert-OH is 1. The van der Waals surface area contributed by atoms with E-state index in [1.807, 2.05) is 30.3 Å². The predicted octanol–water partition coefficient (Wildman–Crippen LogP) is 4.01. The van der Waals surface area contributed by atoms with Crippen molar-refractivity contribution in [1.29, 1.82) is 0 Å². The summed E-state index contributed by atoms with van der Waals surface area (Å²) in [5.74, 6) is 1.13. The number of phenols is 1. The van der Waals surface area contributed by atoms with Gasteiger partial charge in [-0.3, -0.25) is 4.79 Å². The molecule has 2 atom stereocenters. The third kappa shape index (κ3) is 6.52. The number of oxazole rings is 1. The van der Waals surface area contributed by atoms with Gasteiger partial charge in [0.05, 0.1) is 12.3 Å². The van der Waals surface area contributed by atoms with Crippen molar-refractivity contribution in [2.24, 2.45) is 5.92 Å². The number of fused-ring (bicyclic) bond motifs is 1. The Morgan fingerprint density at radius 2 is 1.84 bits per heavy atom. The topological polar surface area (TPSA) is 149 Å². The molecule has 1 amide bonds. The number of carbonyl (C=O) groups excluding carboxylic acids is 1. The van der Waals surface area contributed by atoms with Gasteiger partial charge in [0.2, 0.25) is 5.89 Å². The molecule has 0 spiro atoms. The van der Waals surface area contributed by atoms with Crippen LogP contribution in [0.4, 0.5) is 5.69 Å². The first-order valence-corrected chi connectivity index (χ1v) is 15.9. The molecule has 3 heterocycles. The van der Waals surface area contributed by atoms with Crippen molar-refractivity contribution in [2.45, 2.75) is 50.4 Å². The van der Waals surface area contributed by atoms with Crippen LogP contribution in [0.5, 0.6) is 11.5 Å². The molecule has 11 heteroatoms. The number of nitrogens with one attached hydrogen (secondary N) is 3. The summed E-state index contributed by atoms with van der Waals surface area (Å²) < 4.78 is 11.6. The maximum atomic E-state index is 11.7. The van der Waals surface area contributed by atoms with Crippen molar-refractivity contribution >= 4 is 22.9 Å². The van der Waals surface area contributed by atoms with E-state index in [0.29, 0.717) is 36.7 Å². The Balaban J connectivity index is 0.932. The second-order valence-electron chi connectivity index (χ2n) is 11.4. The summed E-state index contributed by atoms with van der Waals surface area (Å²) in [5.41, 5.74) is 0.353. The van der Waals surface area contributed by atoms with E-state index >= 15 is 0 Å². The predicted molar refractivity (Wildman–Crippen MR) is 167 cm³/mol. The van der Waals surface area contributed by atoms with Crippen LogP contribution >= 0.6 is 11.3 Å². The fraction of sp³-hybridized carbons (Fsp3) is 0.394. The molecule has 0 saturated heterocycles. The lowest BCUT2D eigenvalue weighted by Gasteiger charge is -2.39. The molecule has 2 unspecified atom stereocenters. The van der Waals surface area contributed by atoms with E-state index in [0.717, 1.165) is 50.1 Å². The molecule has 1 aliphatic carbocycles. The molecule has 1 fully saturated rings. The zero-order chi connectivity index (χ0) is 30.5. The van der Waals surface area contributed by atoms with Crippen LogP contribution in [0.25, 0.3) is 0 Å². The monoisotopic (exact) mass is 618 g/mol. The van der Waals surface area contributed by atoms with Crippen LogP contribution in [0, 0.1) is 5.92 Å². The number of carbonyl (C=O) groups is 1. The molecule has 0 bridgehead atoms. The van der Waals surface area contributed by atoms with Crippen LogP contribution < -0.4 is 20.7 Å². The fourth-order valence-electron chi connectivity index (χ4n) is 5.73. The van der Waals surface area contributed by atoms with E-state index in [1.54, 1.807) is 23.6 Å². The molecular formula is C33H38N4O6S. The Morgan fingerprint density at radius 3 is 2.64 bits per heavy atom. The number of hydrogen-bond donors (Lipinski definition) is 6. The number of rotatable bonds is 14. The van der Waals surface area contributed by atoms with E-state index in [1.165, 1.54) is 15.8 Å². The van der Waals surface area contributed by atoms with Gasteiger partial charge in [0.15, 0.2) is 18.0 Å². The number of phenolic OH excluding ortho intramolecular Hbond substituents is 1. The number of hydrogen-bond acceptors (Lipinski definition) is 10. The highest BCUT2D eigenvalue weighted by atomic mass is 32.1. The van der Waals surface area contributed by atoms with Crippen LogP contribution in [0.15, 0.2) is 65.2 Å². The Hall–Kier alpha value is -3.74. The molecule has 0 radical (unpaired) electrons. The van der Waals surface area contributed by atoms with Gasteiger partial charge in [-0.2, -0.15) is 0 Å². The van der Waals surface area contributed by atoms with Gasteiger partial charge in [0.25, 0.3) is 5.91 Å².